The molecule has 1 aromatic rings. The first-order valence-electron chi connectivity index (χ1n) is 3.30. The number of methoxy groups -OCH3 is 1. The van der Waals surface area contributed by atoms with Gasteiger partial charge in [0.25, 0.3) is 0 Å². The standard InChI is InChI=1S/C9H9O2.2ClH.Li.Mg/c1-7-5-3-4-6-8(7)9(10)11-2;;;;/h4-6H,1-2H3;2*1H;;/q-1;;;+1;+2/p-2. The van der Waals surface area contributed by atoms with E-state index >= 15 is 0 Å². The van der Waals surface area contributed by atoms with Crippen LogP contribution in [0.25, 0.3) is 0 Å². The predicted molar refractivity (Wildman–Crippen MR) is 47.1 cm³/mol. The van der Waals surface area contributed by atoms with Crippen LogP contribution >= 0.6 is 0 Å². The molecule has 0 aromatic heterocycles. The number of aryl methyl sites for hydroxylation is 1. The fraction of sp³-hybridized carbons (Fsp3) is 0.222. The average Bonchev–Trinajstić information content (AvgIpc) is 2.04. The van der Waals surface area contributed by atoms with E-state index in [1.54, 1.807) is 18.2 Å². The first-order chi connectivity index (χ1) is 5.25. The third-order valence-electron chi connectivity index (χ3n) is 1.48. The fourth-order valence-corrected chi connectivity index (χ4v) is 0.853. The summed E-state index contributed by atoms with van der Waals surface area (Å²) in [5.41, 5.74) is 1.49. The van der Waals surface area contributed by atoms with Crippen LogP contribution in [0.3, 0.4) is 0 Å². The van der Waals surface area contributed by atoms with E-state index in [0.717, 1.165) is 5.56 Å². The summed E-state index contributed by atoms with van der Waals surface area (Å²) in [5.74, 6) is -0.295. The van der Waals surface area contributed by atoms with Gasteiger partial charge in [-0.25, -0.2) is 4.79 Å². The second-order valence-corrected chi connectivity index (χ2v) is 2.23. The van der Waals surface area contributed by atoms with E-state index in [1.807, 2.05) is 6.92 Å². The topological polar surface area (TPSA) is 26.3 Å². The van der Waals surface area contributed by atoms with Crippen LogP contribution in [0.15, 0.2) is 18.2 Å². The quantitative estimate of drug-likeness (QED) is 0.282. The molecule has 0 heterocycles. The molecule has 0 amide bonds. The maximum absolute atomic E-state index is 11.0. The van der Waals surface area contributed by atoms with Crippen LogP contribution in [0.5, 0.6) is 0 Å². The Morgan fingerprint density at radius 2 is 1.93 bits per heavy atom. The van der Waals surface area contributed by atoms with E-state index in [9.17, 15) is 4.79 Å². The molecule has 0 aliphatic carbocycles. The third-order valence-corrected chi connectivity index (χ3v) is 1.48. The number of ether oxygens (including phenoxy) is 1. The summed E-state index contributed by atoms with van der Waals surface area (Å²) in [7, 11) is 1.37. The monoisotopic (exact) mass is 250 g/mol. The van der Waals surface area contributed by atoms with E-state index < -0.39 is 0 Å². The number of benzene rings is 1. The van der Waals surface area contributed by atoms with Crippen molar-refractivity contribution in [3.8, 4) is 0 Å². The molecule has 0 spiro atoms. The zero-order chi connectivity index (χ0) is 8.27. The number of carbonyl (C=O) groups excluding carboxylic acids is 1. The number of hydrogen-bond donors (Lipinski definition) is 0. The van der Waals surface area contributed by atoms with Crippen molar-refractivity contribution in [2.24, 2.45) is 0 Å². The summed E-state index contributed by atoms with van der Waals surface area (Å²) in [4.78, 5) is 11.0. The predicted octanol–water partition coefficient (Wildman–Crippen LogP) is -7.79. The molecular weight excluding hydrogens is 242 g/mol. The van der Waals surface area contributed by atoms with E-state index in [-0.39, 0.29) is 72.7 Å². The van der Waals surface area contributed by atoms with Gasteiger partial charge < -0.3 is 29.6 Å². The summed E-state index contributed by atoms with van der Waals surface area (Å²) in [6.07, 6.45) is 0. The molecule has 0 aliphatic heterocycles. The van der Waals surface area contributed by atoms with Crippen molar-refractivity contribution in [3.63, 3.8) is 0 Å². The van der Waals surface area contributed by atoms with Crippen molar-refractivity contribution in [2.75, 3.05) is 7.11 Å². The van der Waals surface area contributed by atoms with E-state index in [0.29, 0.717) is 5.56 Å². The minimum absolute atomic E-state index is 0. The number of esters is 1. The molecule has 0 atom stereocenters. The van der Waals surface area contributed by atoms with Crippen LogP contribution in [0.2, 0.25) is 0 Å². The second kappa shape index (κ2) is 12.7. The first kappa shape index (κ1) is 24.7. The number of carbonyl (C=O) groups is 1. The summed E-state index contributed by atoms with van der Waals surface area (Å²) in [6, 6.07) is 8.02. The molecule has 1 aromatic carbocycles. The minimum atomic E-state index is -0.295. The SMILES string of the molecule is COC(=O)c1cc[c-]cc1C.[Cl-].[Cl-].[Li+].[Mg+2]. The fourth-order valence-electron chi connectivity index (χ4n) is 0.853. The maximum atomic E-state index is 11.0. The Labute approximate surface area is 131 Å². The van der Waals surface area contributed by atoms with Gasteiger partial charge in [-0.3, -0.25) is 0 Å². The van der Waals surface area contributed by atoms with Crippen molar-refractivity contribution in [2.45, 2.75) is 6.92 Å². The Morgan fingerprint density at radius 1 is 1.40 bits per heavy atom. The molecule has 2 nitrogen and oxygen atoms in total. The molecule has 0 aliphatic rings. The van der Waals surface area contributed by atoms with Crippen LogP contribution in [-0.4, -0.2) is 36.1 Å². The van der Waals surface area contributed by atoms with Gasteiger partial charge in [0, 0.05) is 0 Å². The van der Waals surface area contributed by atoms with E-state index in [4.69, 9.17) is 0 Å². The Bertz CT molecular complexity index is 285. The molecule has 74 valence electrons. The van der Waals surface area contributed by atoms with Crippen LogP contribution in [-0.2, 0) is 4.74 Å². The molecular formula is C9H9Cl2LiMgO2. The zero-order valence-corrected chi connectivity index (χ0v) is 11.9. The van der Waals surface area contributed by atoms with Gasteiger partial charge >= 0.3 is 47.9 Å². The Hall–Kier alpha value is 0.634. The molecule has 6 heteroatoms. The molecule has 0 radical (unpaired) electrons. The van der Waals surface area contributed by atoms with Crippen LogP contribution < -0.4 is 43.7 Å². The summed E-state index contributed by atoms with van der Waals surface area (Å²) < 4.78 is 4.56. The van der Waals surface area contributed by atoms with Gasteiger partial charge in [0.1, 0.15) is 0 Å². The molecule has 0 bridgehead atoms. The van der Waals surface area contributed by atoms with Crippen molar-refractivity contribution in [3.05, 3.63) is 35.4 Å². The van der Waals surface area contributed by atoms with E-state index in [1.165, 1.54) is 7.11 Å². The van der Waals surface area contributed by atoms with Gasteiger partial charge in [0.2, 0.25) is 0 Å². The zero-order valence-electron chi connectivity index (χ0n) is 9.01. The molecule has 0 saturated carbocycles. The molecule has 0 N–H and O–H groups in total. The number of halogens is 2. The van der Waals surface area contributed by atoms with Crippen LogP contribution in [0.4, 0.5) is 0 Å². The van der Waals surface area contributed by atoms with Gasteiger partial charge in [0.05, 0.1) is 7.11 Å². The molecule has 0 fully saturated rings. The molecule has 15 heavy (non-hydrogen) atoms. The molecule has 1 rings (SSSR count). The average molecular weight is 251 g/mol. The Balaban J connectivity index is -0.000000151. The second-order valence-electron chi connectivity index (χ2n) is 2.23. The van der Waals surface area contributed by atoms with Crippen molar-refractivity contribution in [1.29, 1.82) is 0 Å². The van der Waals surface area contributed by atoms with Gasteiger partial charge in [-0.15, -0.1) is 5.56 Å². The normalized spacial score (nSPS) is 6.80. The van der Waals surface area contributed by atoms with Gasteiger partial charge in [-0.1, -0.05) is 6.92 Å². The first-order valence-corrected chi connectivity index (χ1v) is 3.30. The molecule has 0 unspecified atom stereocenters. The largest absolute Gasteiger partial charge is 2.00 e. The van der Waals surface area contributed by atoms with Crippen molar-refractivity contribution >= 4 is 29.0 Å². The smallest absolute Gasteiger partial charge is 1.00 e. The van der Waals surface area contributed by atoms with Crippen molar-refractivity contribution in [1.82, 2.24) is 0 Å². The van der Waals surface area contributed by atoms with Crippen LogP contribution in [0.1, 0.15) is 15.9 Å². The Kier molecular flexibility index (Phi) is 20.9. The minimum Gasteiger partial charge on any atom is -1.00 e. The molecule has 0 saturated heterocycles. The van der Waals surface area contributed by atoms with Crippen LogP contribution in [0, 0.1) is 13.0 Å². The van der Waals surface area contributed by atoms with Crippen molar-refractivity contribution < 1.29 is 53.2 Å². The van der Waals surface area contributed by atoms with Gasteiger partial charge in [-0.2, -0.15) is 24.3 Å². The van der Waals surface area contributed by atoms with Gasteiger partial charge in [-0.05, 0) is 5.56 Å². The Morgan fingerprint density at radius 3 is 2.33 bits per heavy atom. The van der Waals surface area contributed by atoms with Gasteiger partial charge in [0.15, 0.2) is 0 Å². The maximum Gasteiger partial charge on any atom is 2.00 e. The summed E-state index contributed by atoms with van der Waals surface area (Å²) in [6.45, 7) is 1.85. The summed E-state index contributed by atoms with van der Waals surface area (Å²) >= 11 is 0. The van der Waals surface area contributed by atoms with E-state index in [2.05, 4.69) is 10.8 Å². The third kappa shape index (κ3) is 7.51. The summed E-state index contributed by atoms with van der Waals surface area (Å²) in [5, 5.41) is 0. The number of rotatable bonds is 1. The number of hydrogen-bond acceptors (Lipinski definition) is 2.